The van der Waals surface area contributed by atoms with Crippen LogP contribution in [0.2, 0.25) is 0 Å². The van der Waals surface area contributed by atoms with Crippen LogP contribution in [0.4, 0.5) is 0 Å². The Hall–Kier alpha value is 0.310. The number of thioether (sulfide) groups is 1. The van der Waals surface area contributed by atoms with Gasteiger partial charge in [0.25, 0.3) is 0 Å². The molecule has 0 amide bonds. The molecule has 1 nitrogen and oxygen atoms in total. The predicted octanol–water partition coefficient (Wildman–Crippen LogP) is 2.11. The van der Waals surface area contributed by atoms with E-state index < -0.39 is 0 Å². The molecule has 0 aromatic carbocycles. The second kappa shape index (κ2) is 6.05. The topological polar surface area (TPSA) is 26.0 Å². The summed E-state index contributed by atoms with van der Waals surface area (Å²) in [6.45, 7) is 4.39. The highest BCUT2D eigenvalue weighted by Crippen LogP contribution is 2.11. The van der Waals surface area contributed by atoms with Crippen LogP contribution in [0.25, 0.3) is 0 Å². The minimum atomic E-state index is 0.409. The lowest BCUT2D eigenvalue weighted by Crippen LogP contribution is -2.27. The van der Waals surface area contributed by atoms with E-state index in [2.05, 4.69) is 20.1 Å². The Morgan fingerprint density at radius 3 is 2.50 bits per heavy atom. The number of hydrogen-bond acceptors (Lipinski definition) is 2. The van der Waals surface area contributed by atoms with Crippen molar-refractivity contribution in [2.45, 2.75) is 32.7 Å². The van der Waals surface area contributed by atoms with Gasteiger partial charge in [0, 0.05) is 6.04 Å². The smallest absolute Gasteiger partial charge is 0.00621 e. The van der Waals surface area contributed by atoms with Crippen molar-refractivity contribution < 1.29 is 0 Å². The molecule has 0 heterocycles. The first kappa shape index (κ1) is 10.3. The van der Waals surface area contributed by atoms with Crippen LogP contribution in [0.5, 0.6) is 0 Å². The number of rotatable bonds is 5. The number of hydrogen-bond donors (Lipinski definition) is 1. The maximum Gasteiger partial charge on any atom is 0.00621 e. The van der Waals surface area contributed by atoms with Crippen molar-refractivity contribution in [3.05, 3.63) is 0 Å². The quantitative estimate of drug-likeness (QED) is 0.668. The van der Waals surface area contributed by atoms with Gasteiger partial charge in [-0.15, -0.1) is 0 Å². The standard InChI is InChI=1S/C8H19NS/c1-4-8(9)7(2)5-6-10-3/h7-8H,4-6,9H2,1-3H3. The SMILES string of the molecule is CCC(N)C(C)CCSC. The molecule has 2 atom stereocenters. The van der Waals surface area contributed by atoms with Crippen LogP contribution >= 0.6 is 11.8 Å². The average molecular weight is 161 g/mol. The molecule has 0 spiro atoms. The molecule has 0 radical (unpaired) electrons. The Morgan fingerprint density at radius 2 is 2.10 bits per heavy atom. The third-order valence-electron chi connectivity index (χ3n) is 1.98. The molecule has 0 fully saturated rings. The van der Waals surface area contributed by atoms with E-state index >= 15 is 0 Å². The van der Waals surface area contributed by atoms with Gasteiger partial charge in [0.05, 0.1) is 0 Å². The van der Waals surface area contributed by atoms with Crippen molar-refractivity contribution in [1.82, 2.24) is 0 Å². The van der Waals surface area contributed by atoms with Crippen molar-refractivity contribution in [2.75, 3.05) is 12.0 Å². The lowest BCUT2D eigenvalue weighted by Gasteiger charge is -2.16. The minimum Gasteiger partial charge on any atom is -0.327 e. The van der Waals surface area contributed by atoms with Crippen molar-refractivity contribution in [3.63, 3.8) is 0 Å². The van der Waals surface area contributed by atoms with E-state index in [4.69, 9.17) is 5.73 Å². The largest absolute Gasteiger partial charge is 0.327 e. The van der Waals surface area contributed by atoms with E-state index in [9.17, 15) is 0 Å². The van der Waals surface area contributed by atoms with Gasteiger partial charge in [-0.05, 0) is 30.8 Å². The van der Waals surface area contributed by atoms with Crippen LogP contribution in [0.15, 0.2) is 0 Å². The van der Waals surface area contributed by atoms with Gasteiger partial charge >= 0.3 is 0 Å². The predicted molar refractivity (Wildman–Crippen MR) is 50.4 cm³/mol. The number of nitrogens with two attached hydrogens (primary N) is 1. The van der Waals surface area contributed by atoms with Crippen molar-refractivity contribution in [2.24, 2.45) is 11.7 Å². The highest BCUT2D eigenvalue weighted by atomic mass is 32.2. The van der Waals surface area contributed by atoms with Gasteiger partial charge in [-0.3, -0.25) is 0 Å². The second-order valence-electron chi connectivity index (χ2n) is 2.83. The van der Waals surface area contributed by atoms with Crippen molar-refractivity contribution in [3.8, 4) is 0 Å². The molecule has 0 aliphatic heterocycles. The fourth-order valence-corrected chi connectivity index (χ4v) is 1.53. The monoisotopic (exact) mass is 161 g/mol. The third-order valence-corrected chi connectivity index (χ3v) is 2.62. The minimum absolute atomic E-state index is 0.409. The fraction of sp³-hybridized carbons (Fsp3) is 1.00. The Kier molecular flexibility index (Phi) is 6.24. The molecule has 0 bridgehead atoms. The van der Waals surface area contributed by atoms with Gasteiger partial charge < -0.3 is 5.73 Å². The highest BCUT2D eigenvalue weighted by Gasteiger charge is 2.08. The Balaban J connectivity index is 3.31. The van der Waals surface area contributed by atoms with E-state index in [-0.39, 0.29) is 0 Å². The molecule has 2 heteroatoms. The molecule has 2 unspecified atom stereocenters. The van der Waals surface area contributed by atoms with Crippen LogP contribution < -0.4 is 5.73 Å². The highest BCUT2D eigenvalue weighted by molar-refractivity contribution is 7.98. The Bertz CT molecular complexity index is 75.7. The Labute approximate surface area is 68.8 Å². The van der Waals surface area contributed by atoms with E-state index in [1.165, 1.54) is 12.2 Å². The summed E-state index contributed by atoms with van der Waals surface area (Å²) in [6.07, 6.45) is 4.51. The first-order chi connectivity index (χ1) is 4.72. The summed E-state index contributed by atoms with van der Waals surface area (Å²) in [5.74, 6) is 1.94. The van der Waals surface area contributed by atoms with Crippen LogP contribution in [0.3, 0.4) is 0 Å². The first-order valence-corrected chi connectivity index (χ1v) is 5.36. The van der Waals surface area contributed by atoms with E-state index in [1.54, 1.807) is 0 Å². The van der Waals surface area contributed by atoms with Crippen LogP contribution in [-0.2, 0) is 0 Å². The second-order valence-corrected chi connectivity index (χ2v) is 3.82. The molecule has 0 rings (SSSR count). The summed E-state index contributed by atoms with van der Waals surface area (Å²) >= 11 is 1.90. The summed E-state index contributed by atoms with van der Waals surface area (Å²) < 4.78 is 0. The molecule has 2 N–H and O–H groups in total. The summed E-state index contributed by atoms with van der Waals surface area (Å²) in [4.78, 5) is 0. The maximum atomic E-state index is 5.85. The normalized spacial score (nSPS) is 16.8. The fourth-order valence-electron chi connectivity index (χ4n) is 0.920. The third kappa shape index (κ3) is 4.18. The molecular weight excluding hydrogens is 142 g/mol. The molecule has 0 aromatic heterocycles. The molecule has 0 aliphatic carbocycles. The molecule has 0 saturated heterocycles. The summed E-state index contributed by atoms with van der Waals surface area (Å²) in [7, 11) is 0. The van der Waals surface area contributed by atoms with E-state index in [0.29, 0.717) is 12.0 Å². The van der Waals surface area contributed by atoms with Gasteiger partial charge in [-0.25, -0.2) is 0 Å². The van der Waals surface area contributed by atoms with E-state index in [1.807, 2.05) is 11.8 Å². The van der Waals surface area contributed by atoms with Crippen LogP contribution in [-0.4, -0.2) is 18.1 Å². The maximum absolute atomic E-state index is 5.85. The van der Waals surface area contributed by atoms with Gasteiger partial charge in [0.2, 0.25) is 0 Å². The van der Waals surface area contributed by atoms with Gasteiger partial charge in [0.1, 0.15) is 0 Å². The molecular formula is C8H19NS. The van der Waals surface area contributed by atoms with Gasteiger partial charge in [-0.2, -0.15) is 11.8 Å². The average Bonchev–Trinajstić information content (AvgIpc) is 1.98. The molecule has 0 saturated carbocycles. The molecule has 62 valence electrons. The zero-order valence-corrected chi connectivity index (χ0v) is 8.08. The molecule has 0 aliphatic rings. The van der Waals surface area contributed by atoms with Crippen molar-refractivity contribution in [1.29, 1.82) is 0 Å². The molecule has 0 aromatic rings. The Morgan fingerprint density at radius 1 is 1.50 bits per heavy atom. The summed E-state index contributed by atoms with van der Waals surface area (Å²) in [6, 6.07) is 0.409. The summed E-state index contributed by atoms with van der Waals surface area (Å²) in [5, 5.41) is 0. The lowest BCUT2D eigenvalue weighted by molar-refractivity contribution is 0.435. The molecule has 10 heavy (non-hydrogen) atoms. The van der Waals surface area contributed by atoms with Crippen LogP contribution in [0, 0.1) is 5.92 Å². The van der Waals surface area contributed by atoms with Crippen LogP contribution in [0.1, 0.15) is 26.7 Å². The zero-order chi connectivity index (χ0) is 7.98. The zero-order valence-electron chi connectivity index (χ0n) is 7.26. The van der Waals surface area contributed by atoms with Crippen molar-refractivity contribution >= 4 is 11.8 Å². The van der Waals surface area contributed by atoms with Gasteiger partial charge in [0.15, 0.2) is 0 Å². The summed E-state index contributed by atoms with van der Waals surface area (Å²) in [5.41, 5.74) is 5.85. The lowest BCUT2D eigenvalue weighted by atomic mass is 9.98. The first-order valence-electron chi connectivity index (χ1n) is 3.96. The van der Waals surface area contributed by atoms with E-state index in [0.717, 1.165) is 6.42 Å². The van der Waals surface area contributed by atoms with Gasteiger partial charge in [-0.1, -0.05) is 13.8 Å².